The Balaban J connectivity index is 2.03. The number of nitrogens with one attached hydrogen (secondary N) is 2. The third kappa shape index (κ3) is 6.23. The van der Waals surface area contributed by atoms with Crippen LogP contribution < -0.4 is 10.6 Å². The van der Waals surface area contributed by atoms with E-state index in [4.69, 9.17) is 23.2 Å². The number of nitrogens with zero attached hydrogens (tertiary/aromatic N) is 1. The van der Waals surface area contributed by atoms with Crippen LogP contribution in [-0.4, -0.2) is 35.8 Å². The number of anilines is 2. The predicted molar refractivity (Wildman–Crippen MR) is 116 cm³/mol. The van der Waals surface area contributed by atoms with E-state index < -0.39 is 6.04 Å². The van der Waals surface area contributed by atoms with E-state index in [-0.39, 0.29) is 18.4 Å². The first-order valence-electron chi connectivity index (χ1n) is 9.17. The normalized spacial score (nSPS) is 11.9. The molecule has 2 aromatic carbocycles. The maximum Gasteiger partial charge on any atom is 0.241 e. The highest BCUT2D eigenvalue weighted by Crippen LogP contribution is 2.23. The molecule has 150 valence electrons. The number of carbonyl (C=O) groups excluding carboxylic acids is 2. The lowest BCUT2D eigenvalue weighted by atomic mass is 10.2. The van der Waals surface area contributed by atoms with Gasteiger partial charge in [-0.25, -0.2) is 0 Å². The van der Waals surface area contributed by atoms with Gasteiger partial charge in [-0.05, 0) is 62.7 Å². The highest BCUT2D eigenvalue weighted by atomic mass is 35.5. The van der Waals surface area contributed by atoms with Gasteiger partial charge < -0.3 is 10.6 Å². The van der Waals surface area contributed by atoms with Crippen molar-refractivity contribution in [3.05, 3.63) is 58.1 Å². The number of amides is 2. The summed E-state index contributed by atoms with van der Waals surface area (Å²) >= 11 is 12.1. The number of hydrogen-bond donors (Lipinski definition) is 2. The summed E-state index contributed by atoms with van der Waals surface area (Å²) in [5, 5.41) is 6.87. The Kier molecular flexibility index (Phi) is 8.30. The van der Waals surface area contributed by atoms with Crippen LogP contribution in [0.4, 0.5) is 11.4 Å². The Labute approximate surface area is 176 Å². The SMILES string of the molecule is CCCN(CC(=O)Nc1cccc(Cl)c1C)[C@H](C)C(=O)Nc1cccc(Cl)c1. The van der Waals surface area contributed by atoms with Crippen molar-refractivity contribution in [2.75, 3.05) is 23.7 Å². The summed E-state index contributed by atoms with van der Waals surface area (Å²) in [5.74, 6) is -0.385. The van der Waals surface area contributed by atoms with Gasteiger partial charge in [0.25, 0.3) is 0 Å². The summed E-state index contributed by atoms with van der Waals surface area (Å²) in [5.41, 5.74) is 2.11. The molecule has 0 fully saturated rings. The first-order valence-corrected chi connectivity index (χ1v) is 9.92. The van der Waals surface area contributed by atoms with E-state index in [9.17, 15) is 9.59 Å². The van der Waals surface area contributed by atoms with Gasteiger partial charge in [0.1, 0.15) is 0 Å². The molecule has 2 amide bonds. The number of rotatable bonds is 8. The Morgan fingerprint density at radius 1 is 1.11 bits per heavy atom. The molecule has 28 heavy (non-hydrogen) atoms. The van der Waals surface area contributed by atoms with Crippen molar-refractivity contribution in [3.63, 3.8) is 0 Å². The Hall–Kier alpha value is -2.08. The van der Waals surface area contributed by atoms with Crippen LogP contribution in [0.2, 0.25) is 10.0 Å². The topological polar surface area (TPSA) is 61.4 Å². The van der Waals surface area contributed by atoms with Gasteiger partial charge in [0.15, 0.2) is 0 Å². The molecular weight excluding hydrogens is 397 g/mol. The standard InChI is InChI=1S/C21H25Cl2N3O2/c1-4-11-26(13-20(27)25-19-10-6-9-18(23)14(19)2)15(3)21(28)24-17-8-5-7-16(22)12-17/h5-10,12,15H,4,11,13H2,1-3H3,(H,24,28)(H,25,27)/t15-/m1/s1. The van der Waals surface area contributed by atoms with Gasteiger partial charge >= 0.3 is 0 Å². The van der Waals surface area contributed by atoms with Crippen molar-refractivity contribution in [1.29, 1.82) is 0 Å². The summed E-state index contributed by atoms with van der Waals surface area (Å²) in [6.45, 7) is 6.36. The van der Waals surface area contributed by atoms with E-state index in [0.29, 0.717) is 28.0 Å². The van der Waals surface area contributed by atoms with E-state index in [1.807, 2.05) is 18.7 Å². The lowest BCUT2D eigenvalue weighted by Crippen LogP contribution is -2.46. The zero-order valence-corrected chi connectivity index (χ0v) is 17.8. The molecule has 2 rings (SSSR count). The van der Waals surface area contributed by atoms with Gasteiger partial charge in [-0.3, -0.25) is 14.5 Å². The Morgan fingerprint density at radius 3 is 2.50 bits per heavy atom. The molecule has 0 aliphatic carbocycles. The van der Waals surface area contributed by atoms with E-state index in [1.165, 1.54) is 0 Å². The highest BCUT2D eigenvalue weighted by Gasteiger charge is 2.23. The molecular formula is C21H25Cl2N3O2. The molecule has 7 heteroatoms. The molecule has 0 saturated heterocycles. The molecule has 0 bridgehead atoms. The fraction of sp³-hybridized carbons (Fsp3) is 0.333. The van der Waals surface area contributed by atoms with Crippen molar-refractivity contribution >= 4 is 46.4 Å². The minimum atomic E-state index is -0.481. The molecule has 0 heterocycles. The van der Waals surface area contributed by atoms with Crippen LogP contribution >= 0.6 is 23.2 Å². The number of hydrogen-bond acceptors (Lipinski definition) is 3. The molecule has 2 aromatic rings. The van der Waals surface area contributed by atoms with Crippen molar-refractivity contribution < 1.29 is 9.59 Å². The van der Waals surface area contributed by atoms with Gasteiger partial charge in [-0.2, -0.15) is 0 Å². The zero-order chi connectivity index (χ0) is 20.7. The fourth-order valence-corrected chi connectivity index (χ4v) is 3.16. The van der Waals surface area contributed by atoms with Crippen LogP contribution in [0, 0.1) is 6.92 Å². The number of halogens is 2. The highest BCUT2D eigenvalue weighted by molar-refractivity contribution is 6.31. The van der Waals surface area contributed by atoms with Crippen molar-refractivity contribution in [2.45, 2.75) is 33.2 Å². The molecule has 0 saturated carbocycles. The van der Waals surface area contributed by atoms with Crippen LogP contribution in [0.3, 0.4) is 0 Å². The monoisotopic (exact) mass is 421 g/mol. The Bertz CT molecular complexity index is 842. The van der Waals surface area contributed by atoms with Gasteiger partial charge in [-0.1, -0.05) is 42.3 Å². The first-order chi connectivity index (χ1) is 13.3. The Morgan fingerprint density at radius 2 is 1.82 bits per heavy atom. The summed E-state index contributed by atoms with van der Waals surface area (Å²) < 4.78 is 0. The molecule has 0 radical (unpaired) electrons. The van der Waals surface area contributed by atoms with Gasteiger partial charge in [0, 0.05) is 21.4 Å². The maximum atomic E-state index is 12.6. The minimum absolute atomic E-state index is 0.101. The molecule has 1 atom stereocenters. The van der Waals surface area contributed by atoms with Crippen molar-refractivity contribution in [2.24, 2.45) is 0 Å². The van der Waals surface area contributed by atoms with Crippen molar-refractivity contribution in [1.82, 2.24) is 4.90 Å². The van der Waals surface area contributed by atoms with Gasteiger partial charge in [0.2, 0.25) is 11.8 Å². The molecule has 0 aromatic heterocycles. The third-order valence-corrected chi connectivity index (χ3v) is 5.06. The second-order valence-electron chi connectivity index (χ2n) is 6.61. The predicted octanol–water partition coefficient (Wildman–Crippen LogP) is 4.98. The van der Waals surface area contributed by atoms with E-state index in [2.05, 4.69) is 10.6 Å². The second kappa shape index (κ2) is 10.5. The van der Waals surface area contributed by atoms with Crippen LogP contribution in [0.5, 0.6) is 0 Å². The quantitative estimate of drug-likeness (QED) is 0.631. The van der Waals surface area contributed by atoms with Gasteiger partial charge in [-0.15, -0.1) is 0 Å². The number of benzene rings is 2. The molecule has 5 nitrogen and oxygen atoms in total. The fourth-order valence-electron chi connectivity index (χ4n) is 2.79. The van der Waals surface area contributed by atoms with Crippen LogP contribution in [0.25, 0.3) is 0 Å². The zero-order valence-electron chi connectivity index (χ0n) is 16.3. The van der Waals surface area contributed by atoms with E-state index >= 15 is 0 Å². The maximum absolute atomic E-state index is 12.6. The van der Waals surface area contributed by atoms with E-state index in [1.54, 1.807) is 49.4 Å². The molecule has 0 spiro atoms. The van der Waals surface area contributed by atoms with Crippen LogP contribution in [0.1, 0.15) is 25.8 Å². The second-order valence-corrected chi connectivity index (χ2v) is 7.45. The minimum Gasteiger partial charge on any atom is -0.325 e. The van der Waals surface area contributed by atoms with E-state index in [0.717, 1.165) is 12.0 Å². The molecule has 0 aliphatic rings. The molecule has 2 N–H and O–H groups in total. The summed E-state index contributed by atoms with van der Waals surface area (Å²) in [6, 6.07) is 11.9. The molecule has 0 aliphatic heterocycles. The van der Waals surface area contributed by atoms with Crippen molar-refractivity contribution in [3.8, 4) is 0 Å². The number of carbonyl (C=O) groups is 2. The summed E-state index contributed by atoms with van der Waals surface area (Å²) in [4.78, 5) is 27.0. The third-order valence-electron chi connectivity index (χ3n) is 4.42. The lowest BCUT2D eigenvalue weighted by Gasteiger charge is -2.27. The lowest BCUT2D eigenvalue weighted by molar-refractivity contribution is -0.123. The summed E-state index contributed by atoms with van der Waals surface area (Å²) in [6.07, 6.45) is 0.818. The average molecular weight is 422 g/mol. The first kappa shape index (κ1) is 22.2. The smallest absolute Gasteiger partial charge is 0.241 e. The largest absolute Gasteiger partial charge is 0.325 e. The van der Waals surface area contributed by atoms with Crippen LogP contribution in [-0.2, 0) is 9.59 Å². The summed E-state index contributed by atoms with van der Waals surface area (Å²) in [7, 11) is 0. The van der Waals surface area contributed by atoms with Gasteiger partial charge in [0.05, 0.1) is 12.6 Å². The average Bonchev–Trinajstić information content (AvgIpc) is 2.64. The molecule has 0 unspecified atom stereocenters. The van der Waals surface area contributed by atoms with Crippen LogP contribution in [0.15, 0.2) is 42.5 Å².